The van der Waals surface area contributed by atoms with Gasteiger partial charge in [0.25, 0.3) is 5.56 Å². The summed E-state index contributed by atoms with van der Waals surface area (Å²) in [6.45, 7) is 22.7. The molecule has 0 spiro atoms. The van der Waals surface area contributed by atoms with Crippen LogP contribution in [0.5, 0.6) is 0 Å². The Morgan fingerprint density at radius 1 is 1.18 bits per heavy atom. The summed E-state index contributed by atoms with van der Waals surface area (Å²) in [5.41, 5.74) is 0.266. The molecule has 1 fully saturated rings. The molecular weight excluding hydrogens is 534 g/mol. The molecule has 1 aliphatic heterocycles. The van der Waals surface area contributed by atoms with Gasteiger partial charge in [-0.2, -0.15) is 4.98 Å². The highest BCUT2D eigenvalue weighted by atomic mass is 28.4. The van der Waals surface area contributed by atoms with Crippen LogP contribution in [0.25, 0.3) is 11.2 Å². The van der Waals surface area contributed by atoms with Gasteiger partial charge < -0.3 is 29.1 Å². The predicted octanol–water partition coefficient (Wildman–Crippen LogP) is 3.97. The maximum absolute atomic E-state index is 12.7. The molecule has 13 heteroatoms. The van der Waals surface area contributed by atoms with Crippen molar-refractivity contribution in [3.05, 3.63) is 16.7 Å². The quantitative estimate of drug-likeness (QED) is 0.289. The second kappa shape index (κ2) is 11.7. The number of hydrogen-bond acceptors (Lipinski definition) is 9. The van der Waals surface area contributed by atoms with Crippen LogP contribution < -0.4 is 10.9 Å². The smallest absolute Gasteiger partial charge is 0.280 e. The molecule has 3 heterocycles. The summed E-state index contributed by atoms with van der Waals surface area (Å²) in [5, 5.41) is 21.8. The molecule has 4 atom stereocenters. The summed E-state index contributed by atoms with van der Waals surface area (Å²) in [4.78, 5) is 24.4. The number of anilines is 1. The second-order valence-corrected chi connectivity index (χ2v) is 23.2. The number of nitrogens with one attached hydrogen (secondary N) is 2. The molecule has 1 saturated heterocycles. The van der Waals surface area contributed by atoms with Gasteiger partial charge in [0, 0.05) is 13.0 Å². The largest absolute Gasteiger partial charge is 0.414 e. The molecule has 39 heavy (non-hydrogen) atoms. The van der Waals surface area contributed by atoms with E-state index in [0.717, 1.165) is 0 Å². The van der Waals surface area contributed by atoms with E-state index in [2.05, 4.69) is 88.0 Å². The Hall–Kier alpha value is -1.62. The van der Waals surface area contributed by atoms with E-state index in [1.54, 1.807) is 10.9 Å². The average Bonchev–Trinajstić information content (AvgIpc) is 3.40. The zero-order valence-corrected chi connectivity index (χ0v) is 27.3. The Balaban J connectivity index is 1.88. The minimum absolute atomic E-state index is 0.0383. The summed E-state index contributed by atoms with van der Waals surface area (Å²) in [6, 6.07) is 0. The number of rotatable bonds is 11. The average molecular weight is 584 g/mol. The molecule has 2 aromatic heterocycles. The Kier molecular flexibility index (Phi) is 9.58. The summed E-state index contributed by atoms with van der Waals surface area (Å²) in [7, 11) is -4.12. The Labute approximate surface area is 233 Å². The Morgan fingerprint density at radius 3 is 2.41 bits per heavy atom. The van der Waals surface area contributed by atoms with Crippen molar-refractivity contribution < 1.29 is 23.8 Å². The van der Waals surface area contributed by atoms with Crippen molar-refractivity contribution in [3.63, 3.8) is 0 Å². The molecule has 0 bridgehead atoms. The number of aromatic nitrogens is 4. The number of imidazole rings is 1. The first-order chi connectivity index (χ1) is 17.9. The molecule has 1 aliphatic rings. The number of nitrogens with zero attached hydrogens (tertiary/aromatic N) is 3. The van der Waals surface area contributed by atoms with Gasteiger partial charge in [-0.3, -0.25) is 14.3 Å². The normalized spacial score (nSPS) is 22.0. The van der Waals surface area contributed by atoms with E-state index in [9.17, 15) is 9.90 Å². The molecule has 0 aliphatic carbocycles. The molecule has 222 valence electrons. The van der Waals surface area contributed by atoms with E-state index in [1.807, 2.05) is 0 Å². The third kappa shape index (κ3) is 7.37. The van der Waals surface area contributed by atoms with E-state index >= 15 is 0 Å². The number of ether oxygens (including phenoxy) is 1. The maximum atomic E-state index is 12.7. The van der Waals surface area contributed by atoms with Gasteiger partial charge >= 0.3 is 0 Å². The Bertz CT molecular complexity index is 1170. The first-order valence-electron chi connectivity index (χ1n) is 13.8. The topological polar surface area (TPSA) is 144 Å². The van der Waals surface area contributed by atoms with Crippen molar-refractivity contribution in [1.29, 1.82) is 0 Å². The number of aromatic amines is 1. The van der Waals surface area contributed by atoms with E-state index in [4.69, 9.17) is 18.7 Å². The highest BCUT2D eigenvalue weighted by Crippen LogP contribution is 2.42. The molecule has 0 aromatic carbocycles. The molecule has 0 amide bonds. The fraction of sp³-hybridized carbons (Fsp3) is 0.808. The first kappa shape index (κ1) is 31.9. The van der Waals surface area contributed by atoms with Gasteiger partial charge in [0.15, 0.2) is 27.8 Å². The highest BCUT2D eigenvalue weighted by molar-refractivity contribution is 6.74. The van der Waals surface area contributed by atoms with E-state index in [1.165, 1.54) is 0 Å². The van der Waals surface area contributed by atoms with Crippen LogP contribution >= 0.6 is 0 Å². The highest BCUT2D eigenvalue weighted by Gasteiger charge is 2.47. The summed E-state index contributed by atoms with van der Waals surface area (Å²) >= 11 is 0. The van der Waals surface area contributed by atoms with Crippen molar-refractivity contribution in [2.24, 2.45) is 0 Å². The van der Waals surface area contributed by atoms with Crippen molar-refractivity contribution >= 4 is 33.7 Å². The lowest BCUT2D eigenvalue weighted by atomic mass is 10.2. The van der Waals surface area contributed by atoms with Gasteiger partial charge in [0.2, 0.25) is 5.95 Å². The number of H-pyrrole nitrogens is 1. The van der Waals surface area contributed by atoms with Gasteiger partial charge in [0.1, 0.15) is 12.3 Å². The number of fused-ring (bicyclic) bond motifs is 1. The van der Waals surface area contributed by atoms with E-state index in [0.29, 0.717) is 31.6 Å². The molecule has 2 aromatic rings. The first-order valence-corrected chi connectivity index (χ1v) is 19.6. The molecule has 0 radical (unpaired) electrons. The van der Waals surface area contributed by atoms with Crippen LogP contribution in [0.3, 0.4) is 0 Å². The van der Waals surface area contributed by atoms with Gasteiger partial charge in [0.05, 0.1) is 31.7 Å². The summed E-state index contributed by atoms with van der Waals surface area (Å²) in [5.74, 6) is 0.268. The van der Waals surface area contributed by atoms with Crippen molar-refractivity contribution in [2.45, 2.75) is 115 Å². The molecule has 11 nitrogen and oxygen atoms in total. The molecular formula is C26H49N5O6Si2. The zero-order chi connectivity index (χ0) is 29.4. The minimum atomic E-state index is -2.10. The van der Waals surface area contributed by atoms with Crippen LogP contribution in [-0.4, -0.2) is 84.4 Å². The standard InChI is InChI=1S/C26H49N5O6Si2/c1-25(2,3)38(7,8)35-15-19-18(37-39(9,10)26(4,5)6)13-20(36-19)31-16-28-21-22(31)29-24(30-23(21)34)27-12-11-17(33)14-32/h16-20,32-33H,11-15H2,1-10H3,(H2,27,29,30,34)/t17?,18-,19+,20+/m0/s1. The molecule has 0 saturated carbocycles. The lowest BCUT2D eigenvalue weighted by molar-refractivity contribution is -0.0383. The zero-order valence-electron chi connectivity index (χ0n) is 25.3. The SMILES string of the molecule is CC(C)(C)[Si](C)(C)OC[C@H]1O[C@@H](n2cnc3c(=O)[nH]c(NCCC(O)CO)nc32)C[C@@H]1O[Si](C)(C)C(C)(C)C. The van der Waals surface area contributed by atoms with Gasteiger partial charge in [-0.1, -0.05) is 41.5 Å². The van der Waals surface area contributed by atoms with Gasteiger partial charge in [-0.15, -0.1) is 0 Å². The molecule has 1 unspecified atom stereocenters. The fourth-order valence-electron chi connectivity index (χ4n) is 3.88. The summed E-state index contributed by atoms with van der Waals surface area (Å²) < 4.78 is 21.8. The second-order valence-electron chi connectivity index (χ2n) is 13.6. The van der Waals surface area contributed by atoms with E-state index in [-0.39, 0.29) is 45.9 Å². The van der Waals surface area contributed by atoms with Crippen LogP contribution in [-0.2, 0) is 13.6 Å². The van der Waals surface area contributed by atoms with Gasteiger partial charge in [-0.05, 0) is 42.7 Å². The lowest BCUT2D eigenvalue weighted by Gasteiger charge is -2.40. The van der Waals surface area contributed by atoms with Crippen LogP contribution in [0.15, 0.2) is 11.1 Å². The van der Waals surface area contributed by atoms with Gasteiger partial charge in [-0.25, -0.2) is 4.98 Å². The number of aliphatic hydroxyl groups is 2. The third-order valence-electron chi connectivity index (χ3n) is 8.57. The van der Waals surface area contributed by atoms with Crippen LogP contribution in [0.1, 0.15) is 60.6 Å². The molecule has 4 N–H and O–H groups in total. The maximum Gasteiger partial charge on any atom is 0.280 e. The minimum Gasteiger partial charge on any atom is -0.414 e. The number of hydrogen-bond donors (Lipinski definition) is 4. The van der Waals surface area contributed by atoms with Crippen LogP contribution in [0, 0.1) is 0 Å². The van der Waals surface area contributed by atoms with Crippen molar-refractivity contribution in [2.75, 3.05) is 25.1 Å². The fourth-order valence-corrected chi connectivity index (χ4v) is 6.25. The van der Waals surface area contributed by atoms with E-state index < -0.39 is 29.0 Å². The Morgan fingerprint density at radius 2 is 1.82 bits per heavy atom. The third-order valence-corrected chi connectivity index (χ3v) is 17.6. The predicted molar refractivity (Wildman–Crippen MR) is 158 cm³/mol. The van der Waals surface area contributed by atoms with Crippen molar-refractivity contribution in [3.8, 4) is 0 Å². The molecule has 3 rings (SSSR count). The van der Waals surface area contributed by atoms with Crippen LogP contribution in [0.2, 0.25) is 36.3 Å². The summed E-state index contributed by atoms with van der Waals surface area (Å²) in [6.07, 6.45) is 0.796. The monoisotopic (exact) mass is 583 g/mol. The van der Waals surface area contributed by atoms with Crippen LogP contribution in [0.4, 0.5) is 5.95 Å². The lowest BCUT2D eigenvalue weighted by Crippen LogP contribution is -2.48. The van der Waals surface area contributed by atoms with Crippen molar-refractivity contribution in [1.82, 2.24) is 19.5 Å². The number of aliphatic hydroxyl groups excluding tert-OH is 2.